The number of carbonyl (C=O) groups is 1. The van der Waals surface area contributed by atoms with Crippen LogP contribution in [0.25, 0.3) is 0 Å². The SMILES string of the molecule is C=CCO[C@@H]1[C@@H](NC(=O)CSC)c2ccccc2C12CCNCC2. The fraction of sp³-hybridized carbons (Fsp3) is 0.526. The summed E-state index contributed by atoms with van der Waals surface area (Å²) in [7, 11) is 0. The van der Waals surface area contributed by atoms with E-state index in [1.165, 1.54) is 11.1 Å². The number of ether oxygens (including phenoxy) is 1. The number of hydrogen-bond donors (Lipinski definition) is 2. The van der Waals surface area contributed by atoms with Crippen LogP contribution in [0.15, 0.2) is 36.9 Å². The van der Waals surface area contributed by atoms with E-state index in [4.69, 9.17) is 4.74 Å². The van der Waals surface area contributed by atoms with Gasteiger partial charge in [0.25, 0.3) is 0 Å². The number of hydrogen-bond acceptors (Lipinski definition) is 4. The summed E-state index contributed by atoms with van der Waals surface area (Å²) in [6, 6.07) is 8.42. The molecule has 0 radical (unpaired) electrons. The molecule has 1 fully saturated rings. The third-order valence-corrected chi connectivity index (χ3v) is 5.71. The number of amides is 1. The van der Waals surface area contributed by atoms with Gasteiger partial charge in [-0.3, -0.25) is 4.79 Å². The molecule has 1 aromatic carbocycles. The third-order valence-electron chi connectivity index (χ3n) is 5.16. The van der Waals surface area contributed by atoms with Crippen molar-refractivity contribution >= 4 is 17.7 Å². The van der Waals surface area contributed by atoms with Crippen molar-refractivity contribution < 1.29 is 9.53 Å². The molecule has 2 N–H and O–H groups in total. The molecule has 0 bridgehead atoms. The first kappa shape index (κ1) is 17.5. The van der Waals surface area contributed by atoms with E-state index in [9.17, 15) is 4.79 Å². The van der Waals surface area contributed by atoms with Gasteiger partial charge in [-0.05, 0) is 43.3 Å². The molecule has 3 rings (SSSR count). The molecule has 130 valence electrons. The summed E-state index contributed by atoms with van der Waals surface area (Å²) in [6.45, 7) is 6.25. The molecule has 1 saturated heterocycles. The molecule has 0 unspecified atom stereocenters. The van der Waals surface area contributed by atoms with Gasteiger partial charge in [-0.2, -0.15) is 11.8 Å². The van der Waals surface area contributed by atoms with Crippen LogP contribution in [-0.2, 0) is 14.9 Å². The Kier molecular flexibility index (Phi) is 5.64. The number of piperidine rings is 1. The molecule has 1 amide bonds. The molecule has 2 aliphatic rings. The number of rotatable bonds is 6. The average Bonchev–Trinajstić information content (AvgIpc) is 2.84. The molecule has 2 atom stereocenters. The monoisotopic (exact) mass is 346 g/mol. The summed E-state index contributed by atoms with van der Waals surface area (Å²) < 4.78 is 6.25. The van der Waals surface area contributed by atoms with Gasteiger partial charge in [-0.25, -0.2) is 0 Å². The Morgan fingerprint density at radius 1 is 1.46 bits per heavy atom. The molecule has 0 aromatic heterocycles. The highest BCUT2D eigenvalue weighted by Gasteiger charge is 2.53. The van der Waals surface area contributed by atoms with Gasteiger partial charge in [0.15, 0.2) is 0 Å². The van der Waals surface area contributed by atoms with Crippen molar-refractivity contribution in [3.8, 4) is 0 Å². The third kappa shape index (κ3) is 3.13. The zero-order valence-electron chi connectivity index (χ0n) is 14.2. The molecular weight excluding hydrogens is 320 g/mol. The maximum Gasteiger partial charge on any atom is 0.230 e. The van der Waals surface area contributed by atoms with Crippen LogP contribution in [0.1, 0.15) is 30.0 Å². The molecule has 1 heterocycles. The molecular formula is C19H26N2O2S. The lowest BCUT2D eigenvalue weighted by atomic mass is 9.72. The van der Waals surface area contributed by atoms with Crippen molar-refractivity contribution in [1.82, 2.24) is 10.6 Å². The van der Waals surface area contributed by atoms with Crippen LogP contribution in [0.5, 0.6) is 0 Å². The van der Waals surface area contributed by atoms with E-state index in [1.807, 2.05) is 6.26 Å². The van der Waals surface area contributed by atoms with Gasteiger partial charge < -0.3 is 15.4 Å². The second kappa shape index (κ2) is 7.72. The average molecular weight is 346 g/mol. The molecule has 1 aliphatic carbocycles. The van der Waals surface area contributed by atoms with Crippen molar-refractivity contribution in [1.29, 1.82) is 0 Å². The van der Waals surface area contributed by atoms with E-state index in [1.54, 1.807) is 17.8 Å². The van der Waals surface area contributed by atoms with Gasteiger partial charge >= 0.3 is 0 Å². The minimum Gasteiger partial charge on any atom is -0.371 e. The predicted molar refractivity (Wildman–Crippen MR) is 99.4 cm³/mol. The van der Waals surface area contributed by atoms with Crippen LogP contribution < -0.4 is 10.6 Å². The standard InChI is InChI=1S/C19H26N2O2S/c1-3-12-23-18-17(21-16(22)13-24-2)14-6-4-5-7-15(14)19(18)8-10-20-11-9-19/h3-7,17-18,20H,1,8-13H2,2H3,(H,21,22)/t17-,18+/m0/s1. The summed E-state index contributed by atoms with van der Waals surface area (Å²) in [5.74, 6) is 0.544. The first-order valence-electron chi connectivity index (χ1n) is 8.54. The quantitative estimate of drug-likeness (QED) is 0.777. The Morgan fingerprint density at radius 2 is 2.21 bits per heavy atom. The van der Waals surface area contributed by atoms with Gasteiger partial charge in [0, 0.05) is 5.41 Å². The smallest absolute Gasteiger partial charge is 0.230 e. The van der Waals surface area contributed by atoms with E-state index in [0.29, 0.717) is 12.4 Å². The van der Waals surface area contributed by atoms with Gasteiger partial charge in [-0.1, -0.05) is 30.3 Å². The largest absolute Gasteiger partial charge is 0.371 e. The molecule has 1 spiro atoms. The fourth-order valence-electron chi connectivity index (χ4n) is 4.21. The Balaban J connectivity index is 1.98. The number of thioether (sulfide) groups is 1. The highest BCUT2D eigenvalue weighted by Crippen LogP contribution is 2.51. The summed E-state index contributed by atoms with van der Waals surface area (Å²) >= 11 is 1.54. The van der Waals surface area contributed by atoms with E-state index >= 15 is 0 Å². The van der Waals surface area contributed by atoms with Crippen molar-refractivity contribution in [3.63, 3.8) is 0 Å². The predicted octanol–water partition coefficient (Wildman–Crippen LogP) is 2.41. The first-order chi connectivity index (χ1) is 11.7. The van der Waals surface area contributed by atoms with Crippen molar-refractivity contribution in [2.45, 2.75) is 30.4 Å². The van der Waals surface area contributed by atoms with Crippen molar-refractivity contribution in [2.75, 3.05) is 31.7 Å². The van der Waals surface area contributed by atoms with Crippen LogP contribution in [0.4, 0.5) is 0 Å². The first-order valence-corrected chi connectivity index (χ1v) is 9.93. The molecule has 1 aromatic rings. The summed E-state index contributed by atoms with van der Waals surface area (Å²) in [5, 5.41) is 6.68. The van der Waals surface area contributed by atoms with Crippen LogP contribution >= 0.6 is 11.8 Å². The number of nitrogens with one attached hydrogen (secondary N) is 2. The lowest BCUT2D eigenvalue weighted by Crippen LogP contribution is -2.50. The normalized spacial score (nSPS) is 24.5. The minimum absolute atomic E-state index is 0.0256. The molecule has 5 heteroatoms. The van der Waals surface area contributed by atoms with E-state index in [2.05, 4.69) is 41.5 Å². The van der Waals surface area contributed by atoms with Gasteiger partial charge in [0.2, 0.25) is 5.91 Å². The molecule has 4 nitrogen and oxygen atoms in total. The number of fused-ring (bicyclic) bond motifs is 2. The minimum atomic E-state index is -0.0844. The second-order valence-corrected chi connectivity index (χ2v) is 7.38. The zero-order chi connectivity index (χ0) is 17.0. The van der Waals surface area contributed by atoms with Crippen LogP contribution in [0.2, 0.25) is 0 Å². The van der Waals surface area contributed by atoms with Gasteiger partial charge in [0.1, 0.15) is 0 Å². The summed E-state index contributed by atoms with van der Waals surface area (Å²) in [6.07, 6.45) is 5.75. The Hall–Kier alpha value is -1.30. The van der Waals surface area contributed by atoms with Crippen molar-refractivity contribution in [2.24, 2.45) is 0 Å². The molecule has 1 aliphatic heterocycles. The maximum atomic E-state index is 12.3. The van der Waals surface area contributed by atoms with Gasteiger partial charge in [-0.15, -0.1) is 6.58 Å². The highest BCUT2D eigenvalue weighted by atomic mass is 32.2. The summed E-state index contributed by atoms with van der Waals surface area (Å²) in [4.78, 5) is 12.3. The van der Waals surface area contributed by atoms with Crippen LogP contribution in [0.3, 0.4) is 0 Å². The maximum absolute atomic E-state index is 12.3. The second-order valence-electron chi connectivity index (χ2n) is 6.51. The van der Waals surface area contributed by atoms with E-state index in [-0.39, 0.29) is 23.5 Å². The van der Waals surface area contributed by atoms with Crippen LogP contribution in [0, 0.1) is 0 Å². The molecule has 24 heavy (non-hydrogen) atoms. The van der Waals surface area contributed by atoms with E-state index < -0.39 is 0 Å². The Morgan fingerprint density at radius 3 is 2.92 bits per heavy atom. The zero-order valence-corrected chi connectivity index (χ0v) is 15.0. The highest BCUT2D eigenvalue weighted by molar-refractivity contribution is 7.99. The van der Waals surface area contributed by atoms with Gasteiger partial charge in [0.05, 0.1) is 24.5 Å². The molecule has 0 saturated carbocycles. The number of benzene rings is 1. The van der Waals surface area contributed by atoms with Crippen molar-refractivity contribution in [3.05, 3.63) is 48.0 Å². The lowest BCUT2D eigenvalue weighted by Gasteiger charge is -2.41. The van der Waals surface area contributed by atoms with Crippen LogP contribution in [-0.4, -0.2) is 43.7 Å². The Bertz CT molecular complexity index is 599. The number of carbonyl (C=O) groups excluding carboxylic acids is 1. The fourth-order valence-corrected chi connectivity index (χ4v) is 4.56. The topological polar surface area (TPSA) is 50.4 Å². The Labute approximate surface area is 148 Å². The van der Waals surface area contributed by atoms with E-state index in [0.717, 1.165) is 25.9 Å². The lowest BCUT2D eigenvalue weighted by molar-refractivity contribution is -0.121. The summed E-state index contributed by atoms with van der Waals surface area (Å²) in [5.41, 5.74) is 2.53.